The van der Waals surface area contributed by atoms with E-state index in [9.17, 15) is 20.4 Å². The van der Waals surface area contributed by atoms with E-state index in [-0.39, 0.29) is 13.1 Å². The van der Waals surface area contributed by atoms with Crippen LogP contribution < -0.4 is 5.11 Å². The van der Waals surface area contributed by atoms with Crippen LogP contribution in [0.2, 0.25) is 0 Å². The lowest BCUT2D eigenvalue weighted by Crippen LogP contribution is -2.64. The summed E-state index contributed by atoms with van der Waals surface area (Å²) in [5.41, 5.74) is -1.75. The Morgan fingerprint density at radius 2 is 1.88 bits per heavy atom. The van der Waals surface area contributed by atoms with Crippen molar-refractivity contribution in [3.63, 3.8) is 0 Å². The summed E-state index contributed by atoms with van der Waals surface area (Å²) in [6.07, 6.45) is 0. The van der Waals surface area contributed by atoms with Gasteiger partial charge in [0.15, 0.2) is 0 Å². The van der Waals surface area contributed by atoms with Crippen LogP contribution in [0, 0.1) is 28.6 Å². The van der Waals surface area contributed by atoms with Crippen LogP contribution in [-0.2, 0) is 14.3 Å². The van der Waals surface area contributed by atoms with Gasteiger partial charge in [0.25, 0.3) is 0 Å². The van der Waals surface area contributed by atoms with Gasteiger partial charge in [-0.25, -0.2) is 9.69 Å². The molecule has 7 heteroatoms. The van der Waals surface area contributed by atoms with Gasteiger partial charge < -0.3 is 14.6 Å². The highest BCUT2D eigenvalue weighted by atomic mass is 16.6. The highest BCUT2D eigenvalue weighted by molar-refractivity contribution is 5.90. The molecule has 1 aliphatic rings. The molecule has 1 fully saturated rings. The number of methoxy groups -OCH3 is 2. The van der Waals surface area contributed by atoms with Crippen molar-refractivity contribution in [2.45, 2.75) is 5.54 Å². The molecule has 2 rings (SSSR count). The van der Waals surface area contributed by atoms with E-state index in [1.165, 1.54) is 4.90 Å². The van der Waals surface area contributed by atoms with Crippen molar-refractivity contribution in [2.75, 3.05) is 27.3 Å². The summed E-state index contributed by atoms with van der Waals surface area (Å²) in [5.74, 6) is -1.03. The molecular weight excluding hydrogens is 310 g/mol. The Bertz CT molecular complexity index is 726. The number of hydrogen-bond acceptors (Lipinski definition) is 7. The molecule has 1 aromatic carbocycles. The molecule has 7 nitrogen and oxygen atoms in total. The summed E-state index contributed by atoms with van der Waals surface area (Å²) in [6, 6.07) is 12.9. The normalized spacial score (nSPS) is 17.4. The van der Waals surface area contributed by atoms with Crippen LogP contribution in [0.4, 0.5) is 0 Å². The lowest BCUT2D eigenvalue weighted by molar-refractivity contribution is -0.355. The molecule has 0 aliphatic carbocycles. The minimum atomic E-state index is -2.12. The second-order valence-corrected chi connectivity index (χ2v) is 5.12. The van der Waals surface area contributed by atoms with Gasteiger partial charge >= 0.3 is 5.97 Å². The van der Waals surface area contributed by atoms with E-state index in [4.69, 9.17) is 0 Å². The van der Waals surface area contributed by atoms with Crippen LogP contribution in [0.3, 0.4) is 0 Å². The topological polar surface area (TPSA) is 109 Å². The number of esters is 1. The van der Waals surface area contributed by atoms with Gasteiger partial charge in [-0.05, 0) is 25.3 Å². The van der Waals surface area contributed by atoms with E-state index in [0.29, 0.717) is 0 Å². The largest absolute Gasteiger partial charge is 0.616 e. The molecular formula is C17H15N3O4. The molecule has 0 bridgehead atoms. The molecule has 1 aliphatic heterocycles. The van der Waals surface area contributed by atoms with Gasteiger partial charge in [-0.15, -0.1) is 0 Å². The number of ether oxygens (including phenoxy) is 2. The lowest BCUT2D eigenvalue weighted by atomic mass is 9.81. The van der Waals surface area contributed by atoms with Gasteiger partial charge in [0.1, 0.15) is 17.7 Å². The van der Waals surface area contributed by atoms with Gasteiger partial charge in [-0.1, -0.05) is 0 Å². The van der Waals surface area contributed by atoms with Crippen LogP contribution in [0.1, 0.15) is 5.56 Å². The van der Waals surface area contributed by atoms with Crippen LogP contribution in [0.5, 0.6) is 0 Å². The summed E-state index contributed by atoms with van der Waals surface area (Å²) in [6.45, 7) is 0.518. The summed E-state index contributed by atoms with van der Waals surface area (Å²) < 4.78 is 9.23. The fourth-order valence-corrected chi connectivity index (χ4v) is 2.59. The fraction of sp³-hybridized carbons (Fsp3) is 0.294. The van der Waals surface area contributed by atoms with Crippen molar-refractivity contribution < 1.29 is 19.4 Å². The molecule has 122 valence electrons. The Labute approximate surface area is 139 Å². The molecule has 0 radical (unpaired) electrons. The van der Waals surface area contributed by atoms with Crippen molar-refractivity contribution >= 4 is 5.97 Å². The van der Waals surface area contributed by atoms with Crippen LogP contribution >= 0.6 is 0 Å². The number of benzene rings is 1. The lowest BCUT2D eigenvalue weighted by Gasteiger charge is -2.43. The Hall–Kier alpha value is -3.16. The Morgan fingerprint density at radius 1 is 1.25 bits per heavy atom. The van der Waals surface area contributed by atoms with Crippen LogP contribution in [-0.4, -0.2) is 43.7 Å². The molecule has 0 N–H and O–H groups in total. The monoisotopic (exact) mass is 325 g/mol. The summed E-state index contributed by atoms with van der Waals surface area (Å²) in [4.78, 5) is 13.7. The molecule has 0 saturated carbocycles. The first-order valence-corrected chi connectivity index (χ1v) is 7.05. The quantitative estimate of drug-likeness (QED) is 0.327. The molecule has 24 heavy (non-hydrogen) atoms. The molecule has 0 spiro atoms. The predicted octanol–water partition coefficient (Wildman–Crippen LogP) is 0.102. The highest BCUT2D eigenvalue weighted by Crippen LogP contribution is 2.37. The summed E-state index contributed by atoms with van der Waals surface area (Å²) >= 11 is 0. The van der Waals surface area contributed by atoms with E-state index in [1.807, 2.05) is 30.3 Å². The number of nitrogens with zero attached hydrogens (tertiary/aromatic N) is 3. The highest BCUT2D eigenvalue weighted by Gasteiger charge is 2.57. The minimum Gasteiger partial charge on any atom is -0.616 e. The van der Waals surface area contributed by atoms with Crippen molar-refractivity contribution in [1.82, 2.24) is 4.90 Å². The molecule has 0 unspecified atom stereocenters. The Balaban J connectivity index is 2.39. The zero-order valence-corrected chi connectivity index (χ0v) is 13.3. The minimum absolute atomic E-state index is 0.259. The Morgan fingerprint density at radius 3 is 2.33 bits per heavy atom. The number of rotatable bonds is 5. The van der Waals surface area contributed by atoms with Gasteiger partial charge in [0, 0.05) is 12.1 Å². The predicted molar refractivity (Wildman–Crippen MR) is 80.4 cm³/mol. The number of nitriles is 2. The second-order valence-electron chi connectivity index (χ2n) is 5.12. The van der Waals surface area contributed by atoms with Gasteiger partial charge in [-0.3, -0.25) is 0 Å². The van der Waals surface area contributed by atoms with E-state index >= 15 is 0 Å². The van der Waals surface area contributed by atoms with E-state index in [2.05, 4.69) is 9.47 Å². The number of carbonyl (C=O) groups is 1. The first-order chi connectivity index (χ1) is 11.5. The van der Waals surface area contributed by atoms with Gasteiger partial charge in [0.05, 0.1) is 37.6 Å². The molecule has 1 atom stereocenters. The average Bonchev–Trinajstić information content (AvgIpc) is 2.59. The maximum absolute atomic E-state index is 12.3. The van der Waals surface area contributed by atoms with Crippen LogP contribution in [0.15, 0.2) is 41.9 Å². The third kappa shape index (κ3) is 2.62. The van der Waals surface area contributed by atoms with Crippen molar-refractivity contribution in [3.8, 4) is 12.1 Å². The maximum Gasteiger partial charge on any atom is 0.346 e. The third-order valence-electron chi connectivity index (χ3n) is 3.93. The second kappa shape index (κ2) is 6.95. The van der Waals surface area contributed by atoms with Crippen molar-refractivity contribution in [1.29, 1.82) is 10.5 Å². The standard InChI is InChI=1S/C17H15N3O4/c1-23-15(21)14(8-18)17(11-19,16(22)24-2)20-9-13(10-20)12-6-4-3-5-7-12/h3-7H,9-10H2,1-2H3/t17-/m0/s1. The number of carbonyl (C=O) groups excluding carboxylic acids is 1. The third-order valence-corrected chi connectivity index (χ3v) is 3.93. The first-order valence-electron chi connectivity index (χ1n) is 7.05. The zero-order chi connectivity index (χ0) is 17.7. The fourth-order valence-electron chi connectivity index (χ4n) is 2.59. The zero-order valence-electron chi connectivity index (χ0n) is 13.3. The first kappa shape index (κ1) is 17.2. The maximum atomic E-state index is 12.3. The summed E-state index contributed by atoms with van der Waals surface area (Å²) in [5, 5.41) is 30.8. The molecule has 1 heterocycles. The average molecular weight is 325 g/mol. The van der Waals surface area contributed by atoms with Crippen molar-refractivity contribution in [3.05, 3.63) is 53.3 Å². The number of hydrogen-bond donors (Lipinski definition) is 0. The summed E-state index contributed by atoms with van der Waals surface area (Å²) in [7, 11) is 2.18. The van der Waals surface area contributed by atoms with Crippen molar-refractivity contribution in [2.24, 2.45) is 0 Å². The molecule has 0 amide bonds. The van der Waals surface area contributed by atoms with E-state index < -0.39 is 23.0 Å². The van der Waals surface area contributed by atoms with E-state index in [0.717, 1.165) is 25.7 Å². The molecule has 1 aromatic rings. The molecule has 1 saturated heterocycles. The Kier molecular flexibility index (Phi) is 4.98. The number of likely N-dealkylation sites (tertiary alicyclic amines) is 1. The molecule has 0 aromatic heterocycles. The SMILES string of the molecule is COC(=O)[C@](C#N)(C(C#N)=C([O-])OC)N1C[C+](c2ccccc2)C1. The smallest absolute Gasteiger partial charge is 0.346 e. The van der Waals surface area contributed by atoms with Crippen LogP contribution in [0.25, 0.3) is 0 Å². The van der Waals surface area contributed by atoms with Gasteiger partial charge in [0.2, 0.25) is 5.54 Å². The van der Waals surface area contributed by atoms with Gasteiger partial charge in [-0.2, -0.15) is 10.5 Å². The van der Waals surface area contributed by atoms with E-state index in [1.54, 1.807) is 12.1 Å².